The van der Waals surface area contributed by atoms with Gasteiger partial charge in [0, 0.05) is 25.6 Å². The molecule has 4 heteroatoms. The molecule has 1 aromatic rings. The summed E-state index contributed by atoms with van der Waals surface area (Å²) in [4.78, 5) is 6.60. The van der Waals surface area contributed by atoms with Crippen molar-refractivity contribution in [2.45, 2.75) is 32.2 Å². The van der Waals surface area contributed by atoms with Crippen LogP contribution in [0.1, 0.15) is 25.5 Å². The second-order valence-corrected chi connectivity index (χ2v) is 4.00. The highest BCUT2D eigenvalue weighted by Gasteiger charge is 2.17. The smallest absolute Gasteiger partial charge is 0.297 e. The van der Waals surface area contributed by atoms with E-state index in [2.05, 4.69) is 9.88 Å². The molecule has 1 aliphatic heterocycles. The van der Waals surface area contributed by atoms with Gasteiger partial charge in [-0.3, -0.25) is 0 Å². The van der Waals surface area contributed by atoms with E-state index in [1.807, 2.05) is 6.92 Å². The molecule has 0 amide bonds. The standard InChI is InChI=1S/C10H17N3O/c1-8(11)6-9-7-14-10(12-9)13-4-2-3-5-13/h7-8H,2-6,11H2,1H3. The predicted molar refractivity (Wildman–Crippen MR) is 55.3 cm³/mol. The maximum atomic E-state index is 5.69. The zero-order valence-corrected chi connectivity index (χ0v) is 8.57. The van der Waals surface area contributed by atoms with Crippen LogP contribution in [-0.4, -0.2) is 24.1 Å². The van der Waals surface area contributed by atoms with Gasteiger partial charge in [-0.25, -0.2) is 0 Å². The van der Waals surface area contributed by atoms with E-state index < -0.39 is 0 Å². The van der Waals surface area contributed by atoms with Crippen molar-refractivity contribution in [3.63, 3.8) is 0 Å². The van der Waals surface area contributed by atoms with Gasteiger partial charge in [0.2, 0.25) is 0 Å². The summed E-state index contributed by atoms with van der Waals surface area (Å²) in [6, 6.07) is 0.907. The van der Waals surface area contributed by atoms with Gasteiger partial charge in [-0.1, -0.05) is 0 Å². The lowest BCUT2D eigenvalue weighted by Crippen LogP contribution is -2.19. The minimum Gasteiger partial charge on any atom is -0.432 e. The number of anilines is 1. The summed E-state index contributed by atoms with van der Waals surface area (Å²) in [6.07, 6.45) is 4.99. The molecular formula is C10H17N3O. The maximum absolute atomic E-state index is 5.69. The van der Waals surface area contributed by atoms with Gasteiger partial charge < -0.3 is 15.1 Å². The molecule has 1 aliphatic rings. The number of aromatic nitrogens is 1. The third kappa shape index (κ3) is 2.07. The average Bonchev–Trinajstić information content (AvgIpc) is 2.69. The molecule has 2 N–H and O–H groups in total. The van der Waals surface area contributed by atoms with Crippen LogP contribution in [0.25, 0.3) is 0 Å². The highest BCUT2D eigenvalue weighted by Crippen LogP contribution is 2.19. The summed E-state index contributed by atoms with van der Waals surface area (Å²) in [5, 5.41) is 0. The Balaban J connectivity index is 2.01. The lowest BCUT2D eigenvalue weighted by Gasteiger charge is -2.10. The third-order valence-electron chi connectivity index (χ3n) is 2.45. The lowest BCUT2D eigenvalue weighted by atomic mass is 10.2. The van der Waals surface area contributed by atoms with Crippen molar-refractivity contribution >= 4 is 6.01 Å². The number of oxazole rings is 1. The molecule has 1 fully saturated rings. The zero-order chi connectivity index (χ0) is 9.97. The topological polar surface area (TPSA) is 55.3 Å². The maximum Gasteiger partial charge on any atom is 0.297 e. The Hall–Kier alpha value is -1.03. The molecule has 0 saturated carbocycles. The quantitative estimate of drug-likeness (QED) is 0.786. The first-order valence-corrected chi connectivity index (χ1v) is 5.20. The van der Waals surface area contributed by atoms with Gasteiger partial charge in [0.05, 0.1) is 5.69 Å². The van der Waals surface area contributed by atoms with Crippen molar-refractivity contribution in [2.75, 3.05) is 18.0 Å². The average molecular weight is 195 g/mol. The Morgan fingerprint density at radius 1 is 1.57 bits per heavy atom. The van der Waals surface area contributed by atoms with Crippen LogP contribution in [0.2, 0.25) is 0 Å². The first-order chi connectivity index (χ1) is 6.75. The summed E-state index contributed by atoms with van der Waals surface area (Å²) in [5.41, 5.74) is 6.65. The SMILES string of the molecule is CC(N)Cc1coc(N2CCCC2)n1. The molecule has 1 aromatic heterocycles. The van der Waals surface area contributed by atoms with Gasteiger partial charge in [0.25, 0.3) is 6.01 Å². The van der Waals surface area contributed by atoms with Gasteiger partial charge >= 0.3 is 0 Å². The van der Waals surface area contributed by atoms with E-state index in [0.717, 1.165) is 31.2 Å². The Morgan fingerprint density at radius 3 is 2.93 bits per heavy atom. The van der Waals surface area contributed by atoms with Crippen LogP contribution >= 0.6 is 0 Å². The number of hydrogen-bond acceptors (Lipinski definition) is 4. The van der Waals surface area contributed by atoms with E-state index in [0.29, 0.717) is 0 Å². The van der Waals surface area contributed by atoms with Crippen molar-refractivity contribution in [2.24, 2.45) is 5.73 Å². The lowest BCUT2D eigenvalue weighted by molar-refractivity contribution is 0.545. The zero-order valence-electron chi connectivity index (χ0n) is 8.57. The highest BCUT2D eigenvalue weighted by molar-refractivity contribution is 5.28. The van der Waals surface area contributed by atoms with Gasteiger partial charge in [-0.15, -0.1) is 0 Å². The van der Waals surface area contributed by atoms with Crippen molar-refractivity contribution in [3.05, 3.63) is 12.0 Å². The molecule has 2 rings (SSSR count). The first kappa shape index (κ1) is 9.52. The number of hydrogen-bond donors (Lipinski definition) is 1. The molecule has 0 spiro atoms. The molecule has 2 heterocycles. The Bertz CT molecular complexity index is 289. The van der Waals surface area contributed by atoms with Crippen LogP contribution in [-0.2, 0) is 6.42 Å². The second kappa shape index (κ2) is 4.00. The van der Waals surface area contributed by atoms with Crippen LogP contribution in [0.5, 0.6) is 0 Å². The summed E-state index contributed by atoms with van der Waals surface area (Å²) in [7, 11) is 0. The summed E-state index contributed by atoms with van der Waals surface area (Å²) in [6.45, 7) is 4.11. The fraction of sp³-hybridized carbons (Fsp3) is 0.700. The van der Waals surface area contributed by atoms with E-state index in [1.54, 1.807) is 6.26 Å². The first-order valence-electron chi connectivity index (χ1n) is 5.20. The minimum atomic E-state index is 0.145. The Kier molecular flexibility index (Phi) is 2.72. The van der Waals surface area contributed by atoms with Crippen molar-refractivity contribution in [3.8, 4) is 0 Å². The van der Waals surface area contributed by atoms with E-state index >= 15 is 0 Å². The van der Waals surface area contributed by atoms with Gasteiger partial charge in [-0.2, -0.15) is 4.98 Å². The molecule has 78 valence electrons. The molecular weight excluding hydrogens is 178 g/mol. The fourth-order valence-corrected chi connectivity index (χ4v) is 1.77. The van der Waals surface area contributed by atoms with E-state index in [-0.39, 0.29) is 6.04 Å². The number of rotatable bonds is 3. The van der Waals surface area contributed by atoms with Crippen molar-refractivity contribution in [1.29, 1.82) is 0 Å². The monoisotopic (exact) mass is 195 g/mol. The van der Waals surface area contributed by atoms with E-state index in [1.165, 1.54) is 12.8 Å². The van der Waals surface area contributed by atoms with E-state index in [4.69, 9.17) is 10.2 Å². The van der Waals surface area contributed by atoms with Gasteiger partial charge in [0.1, 0.15) is 6.26 Å². The largest absolute Gasteiger partial charge is 0.432 e. The molecule has 4 nitrogen and oxygen atoms in total. The third-order valence-corrected chi connectivity index (χ3v) is 2.45. The molecule has 1 saturated heterocycles. The normalized spacial score (nSPS) is 18.9. The summed E-state index contributed by atoms with van der Waals surface area (Å²) in [5.74, 6) is 0. The Labute approximate surface area is 84.1 Å². The summed E-state index contributed by atoms with van der Waals surface area (Å²) < 4.78 is 5.41. The van der Waals surface area contributed by atoms with Gasteiger partial charge in [0.15, 0.2) is 0 Å². The molecule has 14 heavy (non-hydrogen) atoms. The second-order valence-electron chi connectivity index (χ2n) is 4.00. The fourth-order valence-electron chi connectivity index (χ4n) is 1.77. The van der Waals surface area contributed by atoms with Crippen LogP contribution in [0.4, 0.5) is 6.01 Å². The molecule has 0 aromatic carbocycles. The van der Waals surface area contributed by atoms with Crippen LogP contribution in [0.3, 0.4) is 0 Å². The van der Waals surface area contributed by atoms with Crippen molar-refractivity contribution in [1.82, 2.24) is 4.98 Å². The highest BCUT2D eigenvalue weighted by atomic mass is 16.4. The predicted octanol–water partition coefficient (Wildman–Crippen LogP) is 1.16. The molecule has 0 radical (unpaired) electrons. The van der Waals surface area contributed by atoms with Gasteiger partial charge in [-0.05, 0) is 19.8 Å². The number of nitrogens with zero attached hydrogens (tertiary/aromatic N) is 2. The molecule has 1 atom stereocenters. The van der Waals surface area contributed by atoms with Crippen LogP contribution < -0.4 is 10.6 Å². The molecule has 0 bridgehead atoms. The van der Waals surface area contributed by atoms with Crippen LogP contribution in [0, 0.1) is 0 Å². The number of nitrogens with two attached hydrogens (primary N) is 1. The molecule has 0 aliphatic carbocycles. The van der Waals surface area contributed by atoms with Crippen molar-refractivity contribution < 1.29 is 4.42 Å². The van der Waals surface area contributed by atoms with Crippen LogP contribution in [0.15, 0.2) is 10.7 Å². The Morgan fingerprint density at radius 2 is 2.29 bits per heavy atom. The molecule has 1 unspecified atom stereocenters. The summed E-state index contributed by atoms with van der Waals surface area (Å²) >= 11 is 0. The minimum absolute atomic E-state index is 0.145. The van der Waals surface area contributed by atoms with E-state index in [9.17, 15) is 0 Å².